The minimum atomic E-state index is -3.93. The molecule has 10 nitrogen and oxygen atoms in total. The molecule has 2 aromatic carbocycles. The Morgan fingerprint density at radius 2 is 1.96 bits per heavy atom. The second-order valence-electron chi connectivity index (χ2n) is 15.5. The number of oxime groups is 1. The van der Waals surface area contributed by atoms with E-state index in [0.29, 0.717) is 49.8 Å². The molecule has 2 bridgehead atoms. The van der Waals surface area contributed by atoms with Crippen LogP contribution in [0, 0.1) is 17.8 Å². The number of hydrogen-bond acceptors (Lipinski definition) is 9. The van der Waals surface area contributed by atoms with Gasteiger partial charge in [-0.15, -0.1) is 0 Å². The number of hydrogen-bond donors (Lipinski definition) is 1. The van der Waals surface area contributed by atoms with Crippen LogP contribution in [0.2, 0.25) is 5.02 Å². The second-order valence-corrected chi connectivity index (χ2v) is 18.0. The van der Waals surface area contributed by atoms with Gasteiger partial charge in [-0.05, 0) is 112 Å². The normalized spacial score (nSPS) is 32.1. The van der Waals surface area contributed by atoms with Gasteiger partial charge < -0.3 is 24.1 Å². The van der Waals surface area contributed by atoms with Crippen molar-refractivity contribution in [3.8, 4) is 5.75 Å². The first kappa shape index (κ1) is 35.4. The van der Waals surface area contributed by atoms with E-state index in [4.69, 9.17) is 25.9 Å². The van der Waals surface area contributed by atoms with Crippen molar-refractivity contribution in [3.63, 3.8) is 0 Å². The van der Waals surface area contributed by atoms with Gasteiger partial charge >= 0.3 is 0 Å². The van der Waals surface area contributed by atoms with E-state index < -0.39 is 26.8 Å². The molecule has 2 spiro atoms. The molecule has 0 radical (unpaired) electrons. The third-order valence-corrected chi connectivity index (χ3v) is 14.6. The molecule has 272 valence electrons. The molecule has 12 heteroatoms. The minimum Gasteiger partial charge on any atom is -0.490 e. The lowest BCUT2D eigenvalue weighted by molar-refractivity contribution is -0.118. The number of rotatable bonds is 3. The number of aryl methyl sites for hydroxylation is 1. The molecule has 3 aliphatic heterocycles. The van der Waals surface area contributed by atoms with E-state index in [9.17, 15) is 13.2 Å². The first-order chi connectivity index (χ1) is 23.9. The summed E-state index contributed by atoms with van der Waals surface area (Å²) < 4.78 is 41.5. The topological polar surface area (TPSA) is 110 Å². The van der Waals surface area contributed by atoms with E-state index in [1.807, 2.05) is 32.2 Å². The molecular formula is C38H51ClN4O6S. The lowest BCUT2D eigenvalue weighted by Gasteiger charge is -2.49. The van der Waals surface area contributed by atoms with Gasteiger partial charge in [-0.25, -0.2) is 13.1 Å². The summed E-state index contributed by atoms with van der Waals surface area (Å²) >= 11 is 6.48. The second kappa shape index (κ2) is 13.8. The molecule has 2 aliphatic carbocycles. The van der Waals surface area contributed by atoms with E-state index in [1.54, 1.807) is 20.1 Å². The Kier molecular flexibility index (Phi) is 9.80. The van der Waals surface area contributed by atoms with Crippen molar-refractivity contribution in [2.75, 3.05) is 51.9 Å². The van der Waals surface area contributed by atoms with Crippen LogP contribution in [0.4, 0.5) is 5.69 Å². The highest BCUT2D eigenvalue weighted by atomic mass is 35.5. The zero-order chi connectivity index (χ0) is 35.3. The lowest BCUT2D eigenvalue weighted by atomic mass is 9.62. The number of ether oxygens (including phenoxy) is 2. The van der Waals surface area contributed by atoms with Crippen LogP contribution in [0.3, 0.4) is 0 Å². The predicted molar refractivity (Wildman–Crippen MR) is 196 cm³/mol. The third kappa shape index (κ3) is 6.58. The number of methoxy groups -OCH3 is 1. The number of nitrogens with zero attached hydrogens (tertiary/aromatic N) is 3. The van der Waals surface area contributed by atoms with Crippen molar-refractivity contribution in [2.45, 2.75) is 87.9 Å². The van der Waals surface area contributed by atoms with E-state index >= 15 is 0 Å². The average molecular weight is 727 g/mol. The summed E-state index contributed by atoms with van der Waals surface area (Å²) in [6.45, 7) is 6.96. The molecule has 5 aliphatic rings. The molecule has 1 fully saturated rings. The van der Waals surface area contributed by atoms with Crippen LogP contribution in [-0.4, -0.2) is 82.9 Å². The molecule has 0 unspecified atom stereocenters. The molecule has 0 saturated heterocycles. The van der Waals surface area contributed by atoms with Gasteiger partial charge in [0.15, 0.2) is 0 Å². The molecule has 6 atom stereocenters. The van der Waals surface area contributed by atoms with Crippen molar-refractivity contribution in [1.82, 2.24) is 9.62 Å². The van der Waals surface area contributed by atoms with Crippen LogP contribution in [0.5, 0.6) is 5.75 Å². The van der Waals surface area contributed by atoms with Gasteiger partial charge in [0.25, 0.3) is 5.91 Å². The number of fused-ring (bicyclic) bond motifs is 5. The number of halogens is 1. The van der Waals surface area contributed by atoms with Gasteiger partial charge in [0.1, 0.15) is 17.2 Å². The number of anilines is 1. The fraction of sp³-hybridized carbons (Fsp3) is 0.632. The van der Waals surface area contributed by atoms with E-state index in [-0.39, 0.29) is 17.3 Å². The largest absolute Gasteiger partial charge is 0.490 e. The van der Waals surface area contributed by atoms with E-state index in [0.717, 1.165) is 74.6 Å². The summed E-state index contributed by atoms with van der Waals surface area (Å²) in [5, 5.41) is 4.67. The Morgan fingerprint density at radius 1 is 1.12 bits per heavy atom. The van der Waals surface area contributed by atoms with Crippen molar-refractivity contribution >= 4 is 39.1 Å². The fourth-order valence-electron chi connectivity index (χ4n) is 9.12. The van der Waals surface area contributed by atoms with Crippen molar-refractivity contribution < 1.29 is 27.5 Å². The maximum Gasteiger partial charge on any atom is 0.264 e. The smallest absolute Gasteiger partial charge is 0.264 e. The van der Waals surface area contributed by atoms with E-state index in [2.05, 4.69) is 31.8 Å². The molecule has 1 saturated carbocycles. The van der Waals surface area contributed by atoms with Gasteiger partial charge in [0, 0.05) is 55.7 Å². The zero-order valence-corrected chi connectivity index (χ0v) is 31.3. The summed E-state index contributed by atoms with van der Waals surface area (Å²) in [5.74, 6) is 1.48. The van der Waals surface area contributed by atoms with Gasteiger partial charge in [-0.3, -0.25) is 4.79 Å². The summed E-state index contributed by atoms with van der Waals surface area (Å²) in [6, 6.07) is 11.6. The van der Waals surface area contributed by atoms with Crippen LogP contribution in [-0.2, 0) is 31.4 Å². The first-order valence-corrected chi connectivity index (χ1v) is 20.2. The molecule has 1 N–H and O–H groups in total. The molecule has 1 amide bonds. The van der Waals surface area contributed by atoms with Gasteiger partial charge in [0.2, 0.25) is 10.0 Å². The number of amides is 1. The SMILES string of the molecule is COCCN(C)C1=NO[C@]2(CCC[C@H](C)[C@@H](C)S(=O)(=O)NC(=O)c3ccc4c(c3)N(C[C@@H]3CC[C@H]32)C[C@@]2(CCCc3cc(Cl)ccc32)CO4)C1. The molecule has 2 aromatic rings. The monoisotopic (exact) mass is 726 g/mol. The lowest BCUT2D eigenvalue weighted by Crippen LogP contribution is -2.53. The number of sulfonamides is 1. The molecular weight excluding hydrogens is 676 g/mol. The maximum absolute atomic E-state index is 13.6. The van der Waals surface area contributed by atoms with Crippen molar-refractivity contribution in [1.29, 1.82) is 0 Å². The van der Waals surface area contributed by atoms with Crippen LogP contribution in [0.25, 0.3) is 0 Å². The van der Waals surface area contributed by atoms with Crippen molar-refractivity contribution in [2.24, 2.45) is 22.9 Å². The average Bonchev–Trinajstić information content (AvgIpc) is 3.43. The maximum atomic E-state index is 13.6. The first-order valence-electron chi connectivity index (χ1n) is 18.3. The van der Waals surface area contributed by atoms with E-state index in [1.165, 1.54) is 11.1 Å². The Bertz CT molecular complexity index is 1750. The third-order valence-electron chi connectivity index (χ3n) is 12.5. The molecule has 3 heterocycles. The Labute approximate surface area is 301 Å². The number of carbonyl (C=O) groups excluding carboxylic acids is 1. The van der Waals surface area contributed by atoms with Crippen molar-refractivity contribution in [3.05, 3.63) is 58.1 Å². The van der Waals surface area contributed by atoms with Crippen LogP contribution in [0.15, 0.2) is 41.6 Å². The molecule has 50 heavy (non-hydrogen) atoms. The number of benzene rings is 2. The Morgan fingerprint density at radius 3 is 2.74 bits per heavy atom. The number of carbonyl (C=O) groups is 1. The summed E-state index contributed by atoms with van der Waals surface area (Å²) in [7, 11) is -0.185. The summed E-state index contributed by atoms with van der Waals surface area (Å²) in [5.41, 5.74) is 2.94. The standard InChI is InChI=1S/C38H51ClN4O6S/c1-25-7-5-16-38(21-35(40-49-38)42(3)17-18-47-4)32-12-9-29(32)22-43-23-37(15-6-8-27-19-30(39)11-13-31(27)37)24-48-34-14-10-28(20-33(34)43)36(44)41-50(45,46)26(25)2/h10-11,13-14,19-20,25-26,29,32H,5-9,12,15-18,21-24H2,1-4H3,(H,41,44)/t25-,26+,29-,32+,37-,38+/m0/s1. The number of nitrogens with one attached hydrogen (secondary N) is 1. The summed E-state index contributed by atoms with van der Waals surface area (Å²) in [6.07, 6.45) is 8.09. The van der Waals surface area contributed by atoms with Crippen LogP contribution in [0.1, 0.15) is 86.7 Å². The fourth-order valence-corrected chi connectivity index (χ4v) is 10.6. The molecule has 7 rings (SSSR count). The number of likely N-dealkylation sites (N-methyl/N-ethyl adjacent to an activating group) is 1. The minimum absolute atomic E-state index is 0.158. The zero-order valence-electron chi connectivity index (χ0n) is 29.8. The van der Waals surface area contributed by atoms with Gasteiger partial charge in [-0.2, -0.15) is 0 Å². The Balaban J connectivity index is 1.28. The van der Waals surface area contributed by atoms with Gasteiger partial charge in [-0.1, -0.05) is 29.7 Å². The summed E-state index contributed by atoms with van der Waals surface area (Å²) in [4.78, 5) is 24.7. The predicted octanol–water partition coefficient (Wildman–Crippen LogP) is 6.16. The quantitative estimate of drug-likeness (QED) is 0.401. The highest BCUT2D eigenvalue weighted by molar-refractivity contribution is 7.90. The highest BCUT2D eigenvalue weighted by Crippen LogP contribution is 2.52. The Hall–Kier alpha value is -3.02. The highest BCUT2D eigenvalue weighted by Gasteiger charge is 2.54. The van der Waals surface area contributed by atoms with Gasteiger partial charge in [0.05, 0.1) is 30.6 Å². The van der Waals surface area contributed by atoms with Crippen LogP contribution >= 0.6 is 11.6 Å². The van der Waals surface area contributed by atoms with Crippen LogP contribution < -0.4 is 14.4 Å². The molecule has 0 aromatic heterocycles. The number of amidine groups is 1.